The van der Waals surface area contributed by atoms with Crippen molar-refractivity contribution in [3.8, 4) is 0 Å². The highest BCUT2D eigenvalue weighted by Crippen LogP contribution is 2.40. The molecule has 1 heterocycles. The van der Waals surface area contributed by atoms with Gasteiger partial charge in [-0.05, 0) is 12.5 Å². The largest absolute Gasteiger partial charge is 0.477 e. The molecule has 1 aromatic rings. The van der Waals surface area contributed by atoms with E-state index in [0.29, 0.717) is 5.56 Å². The summed E-state index contributed by atoms with van der Waals surface area (Å²) in [4.78, 5) is 35.6. The first-order valence-corrected chi connectivity index (χ1v) is 6.42. The van der Waals surface area contributed by atoms with Crippen molar-refractivity contribution in [1.82, 2.24) is 4.90 Å². The monoisotopic (exact) mass is 289 g/mol. The van der Waals surface area contributed by atoms with E-state index in [2.05, 4.69) is 0 Å². The zero-order valence-corrected chi connectivity index (χ0v) is 11.6. The molecule has 2 atom stereocenters. The molecule has 0 unspecified atom stereocenters. The van der Waals surface area contributed by atoms with Gasteiger partial charge < -0.3 is 9.84 Å². The first kappa shape index (κ1) is 14.8. The number of amides is 1. The van der Waals surface area contributed by atoms with E-state index in [4.69, 9.17) is 4.74 Å². The second-order valence-corrected chi connectivity index (χ2v) is 4.57. The van der Waals surface area contributed by atoms with Crippen molar-refractivity contribution in [3.63, 3.8) is 0 Å². The van der Waals surface area contributed by atoms with E-state index in [1.807, 2.05) is 6.07 Å². The van der Waals surface area contributed by atoms with Crippen LogP contribution in [-0.4, -0.2) is 34.0 Å². The van der Waals surface area contributed by atoms with Crippen LogP contribution in [0.1, 0.15) is 25.5 Å². The molecular formula is C15H15NO5. The number of rotatable bonds is 4. The molecule has 6 heteroatoms. The molecule has 21 heavy (non-hydrogen) atoms. The third-order valence-corrected chi connectivity index (χ3v) is 3.23. The fourth-order valence-corrected chi connectivity index (χ4v) is 2.36. The van der Waals surface area contributed by atoms with Crippen LogP contribution in [0.5, 0.6) is 0 Å². The average molecular weight is 289 g/mol. The summed E-state index contributed by atoms with van der Waals surface area (Å²) < 4.78 is 5.02. The summed E-state index contributed by atoms with van der Waals surface area (Å²) in [6, 6.07) is 8.26. The minimum atomic E-state index is -1.20. The Morgan fingerprint density at radius 2 is 1.90 bits per heavy atom. The highest BCUT2D eigenvalue weighted by Gasteiger charge is 2.53. The van der Waals surface area contributed by atoms with Crippen molar-refractivity contribution in [1.29, 1.82) is 0 Å². The molecule has 0 bridgehead atoms. The van der Waals surface area contributed by atoms with Gasteiger partial charge in [-0.1, -0.05) is 36.4 Å². The number of carbonyl (C=O) groups excluding carboxylic acids is 2. The summed E-state index contributed by atoms with van der Waals surface area (Å²) >= 11 is 0. The zero-order valence-electron chi connectivity index (χ0n) is 11.6. The number of likely N-dealkylation sites (tertiary alicyclic amines) is 1. The number of ether oxygens (including phenoxy) is 1. The van der Waals surface area contributed by atoms with E-state index >= 15 is 0 Å². The molecule has 1 aliphatic rings. The Hall–Kier alpha value is -2.63. The standard InChI is InChI=1S/C15H15NO5/c1-3-11(15(19)20)16-12(10-7-5-4-6-8-10)13(14(16)18)21-9(2)17/h3-8,12-13H,1-2H3,(H,19,20)/b11-3+/t12-,13+/m0/s1. The van der Waals surface area contributed by atoms with Crippen LogP contribution in [0, 0.1) is 0 Å². The van der Waals surface area contributed by atoms with Gasteiger partial charge >= 0.3 is 11.9 Å². The van der Waals surface area contributed by atoms with E-state index < -0.39 is 30.0 Å². The fraction of sp³-hybridized carbons (Fsp3) is 0.267. The molecule has 1 amide bonds. The third-order valence-electron chi connectivity index (χ3n) is 3.23. The molecule has 1 aliphatic heterocycles. The fourth-order valence-electron chi connectivity index (χ4n) is 2.36. The topological polar surface area (TPSA) is 83.9 Å². The maximum absolute atomic E-state index is 12.1. The van der Waals surface area contributed by atoms with Gasteiger partial charge in [0.25, 0.3) is 5.91 Å². The summed E-state index contributed by atoms with van der Waals surface area (Å²) in [6.45, 7) is 2.75. The average Bonchev–Trinajstić information content (AvgIpc) is 2.45. The lowest BCUT2D eigenvalue weighted by Gasteiger charge is -2.46. The van der Waals surface area contributed by atoms with Crippen LogP contribution in [0.2, 0.25) is 0 Å². The first-order valence-electron chi connectivity index (χ1n) is 6.42. The Balaban J connectivity index is 2.39. The van der Waals surface area contributed by atoms with Crippen LogP contribution in [-0.2, 0) is 19.1 Å². The van der Waals surface area contributed by atoms with Crippen molar-refractivity contribution in [2.45, 2.75) is 26.0 Å². The van der Waals surface area contributed by atoms with Crippen LogP contribution in [0.15, 0.2) is 42.1 Å². The van der Waals surface area contributed by atoms with Crippen LogP contribution in [0.25, 0.3) is 0 Å². The highest BCUT2D eigenvalue weighted by atomic mass is 16.6. The summed E-state index contributed by atoms with van der Waals surface area (Å²) in [5.41, 5.74) is 0.584. The van der Waals surface area contributed by atoms with Gasteiger partial charge in [0, 0.05) is 6.92 Å². The third kappa shape index (κ3) is 2.65. The number of benzene rings is 1. The molecule has 1 aromatic carbocycles. The number of carbonyl (C=O) groups is 3. The molecule has 1 saturated heterocycles. The van der Waals surface area contributed by atoms with Gasteiger partial charge in [0.05, 0.1) is 0 Å². The Labute approximate surface area is 121 Å². The molecule has 0 aliphatic carbocycles. The van der Waals surface area contributed by atoms with Gasteiger partial charge in [-0.2, -0.15) is 0 Å². The molecule has 2 rings (SSSR count). The maximum Gasteiger partial charge on any atom is 0.352 e. The molecule has 1 fully saturated rings. The van der Waals surface area contributed by atoms with E-state index in [9.17, 15) is 19.5 Å². The van der Waals surface area contributed by atoms with E-state index in [1.54, 1.807) is 24.3 Å². The molecule has 0 radical (unpaired) electrons. The van der Waals surface area contributed by atoms with Crippen molar-refractivity contribution < 1.29 is 24.2 Å². The normalized spacial score (nSPS) is 21.7. The summed E-state index contributed by atoms with van der Waals surface area (Å²) in [7, 11) is 0. The summed E-state index contributed by atoms with van der Waals surface area (Å²) in [5.74, 6) is -2.31. The quantitative estimate of drug-likeness (QED) is 0.516. The number of nitrogens with zero attached hydrogens (tertiary/aromatic N) is 1. The minimum absolute atomic E-state index is 0.128. The van der Waals surface area contributed by atoms with Crippen LogP contribution in [0.4, 0.5) is 0 Å². The minimum Gasteiger partial charge on any atom is -0.477 e. The number of aliphatic carboxylic acids is 1. The van der Waals surface area contributed by atoms with Gasteiger partial charge in [-0.3, -0.25) is 14.5 Å². The molecular weight excluding hydrogens is 274 g/mol. The number of allylic oxidation sites excluding steroid dienone is 1. The number of β-lactam (4-membered cyclic amide) rings is 1. The molecule has 6 nitrogen and oxygen atoms in total. The SMILES string of the molecule is C/C=C(\C(=O)O)N1C(=O)[C@H](OC(C)=O)[C@@H]1c1ccccc1. The van der Waals surface area contributed by atoms with Crippen LogP contribution in [0.3, 0.4) is 0 Å². The lowest BCUT2D eigenvalue weighted by molar-refractivity contribution is -0.180. The van der Waals surface area contributed by atoms with E-state index in [0.717, 1.165) is 4.90 Å². The second kappa shape index (κ2) is 5.78. The van der Waals surface area contributed by atoms with Gasteiger partial charge in [0.1, 0.15) is 11.7 Å². The Morgan fingerprint density at radius 3 is 2.38 bits per heavy atom. The molecule has 1 N–H and O–H groups in total. The van der Waals surface area contributed by atoms with Crippen molar-refractivity contribution in [2.24, 2.45) is 0 Å². The predicted octanol–water partition coefficient (Wildman–Crippen LogP) is 1.49. The number of hydrogen-bond donors (Lipinski definition) is 1. The number of esters is 1. The Kier molecular flexibility index (Phi) is 4.07. The summed E-state index contributed by atoms with van der Waals surface area (Å²) in [5, 5.41) is 9.19. The Bertz CT molecular complexity index is 608. The van der Waals surface area contributed by atoms with Crippen molar-refractivity contribution in [2.75, 3.05) is 0 Å². The number of carboxylic acid groups (broad SMARTS) is 1. The Morgan fingerprint density at radius 1 is 1.29 bits per heavy atom. The van der Waals surface area contributed by atoms with Crippen molar-refractivity contribution >= 4 is 17.8 Å². The van der Waals surface area contributed by atoms with Crippen LogP contribution >= 0.6 is 0 Å². The van der Waals surface area contributed by atoms with Crippen LogP contribution < -0.4 is 0 Å². The van der Waals surface area contributed by atoms with E-state index in [-0.39, 0.29) is 5.70 Å². The van der Waals surface area contributed by atoms with Crippen molar-refractivity contribution in [3.05, 3.63) is 47.7 Å². The lowest BCUT2D eigenvalue weighted by Crippen LogP contribution is -2.60. The smallest absolute Gasteiger partial charge is 0.352 e. The van der Waals surface area contributed by atoms with E-state index in [1.165, 1.54) is 19.9 Å². The van der Waals surface area contributed by atoms with Gasteiger partial charge in [-0.25, -0.2) is 4.79 Å². The predicted molar refractivity (Wildman–Crippen MR) is 73.0 cm³/mol. The maximum atomic E-state index is 12.1. The zero-order chi connectivity index (χ0) is 15.6. The molecule has 0 aromatic heterocycles. The number of hydrogen-bond acceptors (Lipinski definition) is 4. The number of carboxylic acids is 1. The lowest BCUT2D eigenvalue weighted by atomic mass is 9.89. The summed E-state index contributed by atoms with van der Waals surface area (Å²) in [6.07, 6.45) is 0.361. The van der Waals surface area contributed by atoms with Gasteiger partial charge in [0.15, 0.2) is 0 Å². The first-order chi connectivity index (χ1) is 9.97. The second-order valence-electron chi connectivity index (χ2n) is 4.57. The molecule has 110 valence electrons. The molecule has 0 saturated carbocycles. The van der Waals surface area contributed by atoms with Gasteiger partial charge in [0.2, 0.25) is 6.10 Å². The molecule has 0 spiro atoms. The highest BCUT2D eigenvalue weighted by molar-refractivity contribution is 5.99. The van der Waals surface area contributed by atoms with Gasteiger partial charge in [-0.15, -0.1) is 0 Å².